The molecule has 0 N–H and O–H groups in total. The Morgan fingerprint density at radius 2 is 1.77 bits per heavy atom. The van der Waals surface area contributed by atoms with E-state index in [1.807, 2.05) is 42.3 Å². The van der Waals surface area contributed by atoms with Crippen molar-refractivity contribution in [1.82, 2.24) is 4.90 Å². The van der Waals surface area contributed by atoms with Gasteiger partial charge in [-0.25, -0.2) is 0 Å². The molecule has 0 unspecified atom stereocenters. The van der Waals surface area contributed by atoms with Crippen LogP contribution in [0.15, 0.2) is 42.5 Å². The van der Waals surface area contributed by atoms with Crippen molar-refractivity contribution in [2.24, 2.45) is 0 Å². The van der Waals surface area contributed by atoms with Crippen LogP contribution in [0.4, 0.5) is 3.89 Å². The summed E-state index contributed by atoms with van der Waals surface area (Å²) in [7, 11) is -2.63. The average molecular weight is 416 g/mol. The quantitative estimate of drug-likeness (QED) is 0.630. The van der Waals surface area contributed by atoms with E-state index in [4.69, 9.17) is 23.2 Å². The van der Waals surface area contributed by atoms with Gasteiger partial charge < -0.3 is 0 Å². The number of hydrogen-bond acceptors (Lipinski definition) is 3. The lowest BCUT2D eigenvalue weighted by molar-refractivity contribution is 0.228. The number of halogens is 3. The van der Waals surface area contributed by atoms with Gasteiger partial charge in [0, 0.05) is 18.5 Å². The van der Waals surface area contributed by atoms with E-state index in [0.29, 0.717) is 10.0 Å². The number of benzene rings is 2. The van der Waals surface area contributed by atoms with Crippen LogP contribution in [0.2, 0.25) is 10.0 Å². The minimum absolute atomic E-state index is 0.0620. The molecule has 1 aliphatic rings. The van der Waals surface area contributed by atoms with E-state index in [-0.39, 0.29) is 18.5 Å². The molecule has 2 aromatic carbocycles. The predicted octanol–water partition coefficient (Wildman–Crippen LogP) is 5.19. The molecule has 26 heavy (non-hydrogen) atoms. The molecule has 0 bridgehead atoms. The molecule has 2 aromatic rings. The molecule has 0 aromatic heterocycles. The van der Waals surface area contributed by atoms with Crippen LogP contribution in [0.5, 0.6) is 0 Å². The van der Waals surface area contributed by atoms with Gasteiger partial charge in [-0.1, -0.05) is 53.5 Å². The van der Waals surface area contributed by atoms with Crippen LogP contribution >= 0.6 is 23.2 Å². The van der Waals surface area contributed by atoms with Crippen molar-refractivity contribution in [3.05, 3.63) is 69.2 Å². The normalized spacial score (nSPS) is 20.2. The molecule has 0 saturated heterocycles. The topological polar surface area (TPSA) is 37.4 Å². The molecule has 7 heteroatoms. The summed E-state index contributed by atoms with van der Waals surface area (Å²) in [5, 5.41) is 1.07. The van der Waals surface area contributed by atoms with Gasteiger partial charge in [0.15, 0.2) is 0 Å². The molecule has 3 rings (SSSR count). The van der Waals surface area contributed by atoms with Gasteiger partial charge in [0.05, 0.1) is 15.8 Å². The summed E-state index contributed by atoms with van der Waals surface area (Å²) < 4.78 is 34.6. The van der Waals surface area contributed by atoms with Gasteiger partial charge >= 0.3 is 10.2 Å². The van der Waals surface area contributed by atoms with Crippen molar-refractivity contribution < 1.29 is 12.3 Å². The van der Waals surface area contributed by atoms with E-state index >= 15 is 0 Å². The standard InChI is InChI=1S/C19H20Cl2FNO2S/c1-23(10-11-26(22,24)25)19-9-7-14(15-4-2-3-5-16(15)19)13-6-8-17(20)18(21)12-13/h2-6,8,12,14,19H,7,9-11H2,1H3/t14-,19-/m0/s1. The highest BCUT2D eigenvalue weighted by molar-refractivity contribution is 7.86. The van der Waals surface area contributed by atoms with Gasteiger partial charge in [-0.3, -0.25) is 4.90 Å². The van der Waals surface area contributed by atoms with Crippen molar-refractivity contribution in [2.45, 2.75) is 24.8 Å². The second kappa shape index (κ2) is 7.85. The maximum Gasteiger partial charge on any atom is 0.303 e. The van der Waals surface area contributed by atoms with Crippen LogP contribution in [0.1, 0.15) is 41.5 Å². The van der Waals surface area contributed by atoms with Crippen LogP contribution in [0, 0.1) is 0 Å². The summed E-state index contributed by atoms with van der Waals surface area (Å²) in [6, 6.07) is 13.9. The van der Waals surface area contributed by atoms with Gasteiger partial charge in [0.1, 0.15) is 0 Å². The molecule has 0 aliphatic heterocycles. The molecular weight excluding hydrogens is 396 g/mol. The molecule has 0 fully saturated rings. The Labute approximate surface area is 163 Å². The molecule has 0 spiro atoms. The van der Waals surface area contributed by atoms with E-state index in [1.54, 1.807) is 0 Å². The fourth-order valence-electron chi connectivity index (χ4n) is 3.71. The molecular formula is C19H20Cl2FNO2S. The molecule has 3 nitrogen and oxygen atoms in total. The second-order valence-electron chi connectivity index (χ2n) is 6.67. The average Bonchev–Trinajstić information content (AvgIpc) is 2.60. The fourth-order valence-corrected chi connectivity index (χ4v) is 4.52. The van der Waals surface area contributed by atoms with Crippen molar-refractivity contribution in [2.75, 3.05) is 19.3 Å². The Morgan fingerprint density at radius 1 is 1.08 bits per heavy atom. The van der Waals surface area contributed by atoms with Crippen LogP contribution < -0.4 is 0 Å². The largest absolute Gasteiger partial charge is 0.303 e. The zero-order chi connectivity index (χ0) is 18.9. The Balaban J connectivity index is 1.89. The van der Waals surface area contributed by atoms with Gasteiger partial charge in [0.2, 0.25) is 0 Å². The summed E-state index contributed by atoms with van der Waals surface area (Å²) in [6.45, 7) is 0.162. The van der Waals surface area contributed by atoms with Gasteiger partial charge in [-0.05, 0) is 48.7 Å². The minimum Gasteiger partial charge on any atom is -0.298 e. The first-order valence-corrected chi connectivity index (χ1v) is 10.7. The third-order valence-electron chi connectivity index (χ3n) is 5.03. The van der Waals surface area contributed by atoms with Crippen LogP contribution in [0.25, 0.3) is 0 Å². The molecule has 140 valence electrons. The highest BCUT2D eigenvalue weighted by Gasteiger charge is 2.30. The third kappa shape index (κ3) is 4.39. The Hall–Kier alpha value is -1.14. The first-order chi connectivity index (χ1) is 12.3. The van der Waals surface area contributed by atoms with Crippen molar-refractivity contribution in [3.8, 4) is 0 Å². The lowest BCUT2D eigenvalue weighted by Crippen LogP contribution is -2.32. The monoisotopic (exact) mass is 415 g/mol. The fraction of sp³-hybridized carbons (Fsp3) is 0.368. The SMILES string of the molecule is CN(CCS(=O)(=O)F)[C@H]1CC[C@@H](c2ccc(Cl)c(Cl)c2)c2ccccc21. The summed E-state index contributed by atoms with van der Waals surface area (Å²) in [5.74, 6) is -0.284. The maximum atomic E-state index is 12.9. The van der Waals surface area contributed by atoms with E-state index in [1.165, 1.54) is 5.56 Å². The number of fused-ring (bicyclic) bond motifs is 1. The van der Waals surface area contributed by atoms with Crippen LogP contribution in [-0.2, 0) is 10.2 Å². The zero-order valence-corrected chi connectivity index (χ0v) is 16.7. The summed E-state index contributed by atoms with van der Waals surface area (Å²) >= 11 is 12.2. The summed E-state index contributed by atoms with van der Waals surface area (Å²) in [4.78, 5) is 1.92. The van der Waals surface area contributed by atoms with Gasteiger partial charge in [-0.2, -0.15) is 8.42 Å². The smallest absolute Gasteiger partial charge is 0.298 e. The Morgan fingerprint density at radius 3 is 2.42 bits per heavy atom. The Bertz CT molecular complexity index is 904. The highest BCUT2D eigenvalue weighted by Crippen LogP contribution is 2.44. The van der Waals surface area contributed by atoms with Gasteiger partial charge in [0.25, 0.3) is 0 Å². The molecule has 0 amide bonds. The molecule has 0 saturated carbocycles. The first-order valence-electron chi connectivity index (χ1n) is 8.42. The van der Waals surface area contributed by atoms with Crippen molar-refractivity contribution >= 4 is 33.4 Å². The van der Waals surface area contributed by atoms with E-state index in [2.05, 4.69) is 12.1 Å². The summed E-state index contributed by atoms with van der Waals surface area (Å²) in [5.41, 5.74) is 3.45. The van der Waals surface area contributed by atoms with E-state index in [0.717, 1.165) is 24.0 Å². The first kappa shape index (κ1) is 19.6. The molecule has 2 atom stereocenters. The lowest BCUT2D eigenvalue weighted by atomic mass is 9.76. The van der Waals surface area contributed by atoms with Gasteiger partial charge in [-0.15, -0.1) is 3.89 Å². The summed E-state index contributed by atoms with van der Waals surface area (Å²) in [6.07, 6.45) is 1.75. The highest BCUT2D eigenvalue weighted by atomic mass is 35.5. The maximum absolute atomic E-state index is 12.9. The van der Waals surface area contributed by atoms with Crippen molar-refractivity contribution in [3.63, 3.8) is 0 Å². The predicted molar refractivity (Wildman–Crippen MR) is 104 cm³/mol. The van der Waals surface area contributed by atoms with E-state index < -0.39 is 16.0 Å². The second-order valence-corrected chi connectivity index (χ2v) is 8.97. The molecule has 0 heterocycles. The number of rotatable bonds is 5. The number of nitrogens with zero attached hydrogens (tertiary/aromatic N) is 1. The van der Waals surface area contributed by atoms with Crippen LogP contribution in [-0.4, -0.2) is 32.7 Å². The van der Waals surface area contributed by atoms with Crippen LogP contribution in [0.3, 0.4) is 0 Å². The van der Waals surface area contributed by atoms with E-state index in [9.17, 15) is 12.3 Å². The third-order valence-corrected chi connectivity index (χ3v) is 6.43. The minimum atomic E-state index is -4.47. The molecule has 0 radical (unpaired) electrons. The number of hydrogen-bond donors (Lipinski definition) is 0. The van der Waals surface area contributed by atoms with Crippen molar-refractivity contribution in [1.29, 1.82) is 0 Å². The zero-order valence-electron chi connectivity index (χ0n) is 14.3. The lowest BCUT2D eigenvalue weighted by Gasteiger charge is -2.37. The Kier molecular flexibility index (Phi) is 5.92. The molecule has 1 aliphatic carbocycles.